The maximum Gasteiger partial charge on any atom is 0.233 e. The van der Waals surface area contributed by atoms with Crippen molar-refractivity contribution >= 4 is 27.5 Å². The van der Waals surface area contributed by atoms with Crippen LogP contribution < -0.4 is 0 Å². The molecular formula is C26H29N3O3S2. The van der Waals surface area contributed by atoms with Crippen LogP contribution in [0, 0.1) is 13.8 Å². The molecule has 1 saturated carbocycles. The Morgan fingerprint density at radius 2 is 1.76 bits per heavy atom. The third kappa shape index (κ3) is 4.93. The Morgan fingerprint density at radius 1 is 1.06 bits per heavy atom. The summed E-state index contributed by atoms with van der Waals surface area (Å²) in [5.74, 6) is 0.517. The quantitative estimate of drug-likeness (QED) is 0.454. The van der Waals surface area contributed by atoms with Crippen LogP contribution in [-0.4, -0.2) is 58.1 Å². The Kier molecular flexibility index (Phi) is 6.29. The van der Waals surface area contributed by atoms with Gasteiger partial charge in [-0.1, -0.05) is 48.2 Å². The van der Waals surface area contributed by atoms with Crippen molar-refractivity contribution in [2.45, 2.75) is 50.4 Å². The highest BCUT2D eigenvalue weighted by Gasteiger charge is 2.42. The molecule has 6 nitrogen and oxygen atoms in total. The highest BCUT2D eigenvalue weighted by Crippen LogP contribution is 2.35. The standard InChI is InChI=1S/C26H29N3O3S2/c1-18-12-19(2)14-23(13-18)29-24(20-6-4-3-5-7-20)15-27-26(29)33-16-25(30)28(21-8-9-21)22-10-11-34(31,32)17-22/h3-7,12-15,21-22H,8-11,16-17H2,1-2H3/t22-/m0/s1. The summed E-state index contributed by atoms with van der Waals surface area (Å²) in [7, 11) is -3.04. The van der Waals surface area contributed by atoms with Gasteiger partial charge in [0.1, 0.15) is 0 Å². The molecule has 1 aliphatic heterocycles. The fourth-order valence-electron chi connectivity index (χ4n) is 4.83. The summed E-state index contributed by atoms with van der Waals surface area (Å²) in [6.07, 6.45) is 4.33. The molecule has 8 heteroatoms. The number of benzene rings is 2. The molecule has 178 valence electrons. The van der Waals surface area contributed by atoms with Gasteiger partial charge >= 0.3 is 0 Å². The van der Waals surface area contributed by atoms with Gasteiger partial charge in [0.15, 0.2) is 15.0 Å². The number of nitrogens with zero attached hydrogens (tertiary/aromatic N) is 3. The SMILES string of the molecule is Cc1cc(C)cc(-n2c(-c3ccccc3)cnc2SCC(=O)N(C2CC2)[C@H]2CCS(=O)(=O)C2)c1. The predicted molar refractivity (Wildman–Crippen MR) is 136 cm³/mol. The van der Waals surface area contributed by atoms with Crippen molar-refractivity contribution in [2.75, 3.05) is 17.3 Å². The molecule has 2 aromatic carbocycles. The maximum absolute atomic E-state index is 13.3. The lowest BCUT2D eigenvalue weighted by Gasteiger charge is -2.28. The minimum Gasteiger partial charge on any atom is -0.335 e. The summed E-state index contributed by atoms with van der Waals surface area (Å²) < 4.78 is 26.2. The van der Waals surface area contributed by atoms with Crippen molar-refractivity contribution in [3.63, 3.8) is 0 Å². The average molecular weight is 496 g/mol. The van der Waals surface area contributed by atoms with E-state index in [4.69, 9.17) is 4.98 Å². The minimum atomic E-state index is -3.04. The van der Waals surface area contributed by atoms with E-state index in [-0.39, 0.29) is 35.2 Å². The van der Waals surface area contributed by atoms with Crippen LogP contribution >= 0.6 is 11.8 Å². The Bertz CT molecular complexity index is 1290. The first kappa shape index (κ1) is 23.2. The van der Waals surface area contributed by atoms with Crippen molar-refractivity contribution in [1.82, 2.24) is 14.5 Å². The van der Waals surface area contributed by atoms with Gasteiger partial charge in [-0.3, -0.25) is 9.36 Å². The Hall–Kier alpha value is -2.58. The molecule has 3 aromatic rings. The molecule has 1 atom stereocenters. The van der Waals surface area contributed by atoms with Crippen LogP contribution in [0.4, 0.5) is 0 Å². The lowest BCUT2D eigenvalue weighted by molar-refractivity contribution is -0.130. The Labute approximate surface area is 205 Å². The molecule has 1 amide bonds. The molecule has 1 aromatic heterocycles. The number of carbonyl (C=O) groups excluding carboxylic acids is 1. The average Bonchev–Trinajstić information content (AvgIpc) is 3.42. The number of rotatable bonds is 7. The van der Waals surface area contributed by atoms with Crippen molar-refractivity contribution in [3.05, 3.63) is 65.9 Å². The number of imidazole rings is 1. The van der Waals surface area contributed by atoms with Gasteiger partial charge in [-0.25, -0.2) is 13.4 Å². The monoisotopic (exact) mass is 495 g/mol. The molecule has 1 aliphatic carbocycles. The lowest BCUT2D eigenvalue weighted by Crippen LogP contribution is -2.43. The van der Waals surface area contributed by atoms with Crippen LogP contribution in [-0.2, 0) is 14.6 Å². The maximum atomic E-state index is 13.3. The third-order valence-corrected chi connectivity index (χ3v) is 9.11. The van der Waals surface area contributed by atoms with Gasteiger partial charge in [-0.2, -0.15) is 0 Å². The Balaban J connectivity index is 1.43. The summed E-state index contributed by atoms with van der Waals surface area (Å²) in [5, 5.41) is 0.756. The second-order valence-corrected chi connectivity index (χ2v) is 12.5. The van der Waals surface area contributed by atoms with Crippen molar-refractivity contribution in [2.24, 2.45) is 0 Å². The first-order valence-corrected chi connectivity index (χ1v) is 14.5. The molecule has 2 aliphatic rings. The van der Waals surface area contributed by atoms with Gasteiger partial charge in [-0.15, -0.1) is 0 Å². The fraction of sp³-hybridized carbons (Fsp3) is 0.385. The van der Waals surface area contributed by atoms with Crippen molar-refractivity contribution in [1.29, 1.82) is 0 Å². The molecule has 1 saturated heterocycles. The van der Waals surface area contributed by atoms with E-state index in [2.05, 4.69) is 48.7 Å². The molecule has 34 heavy (non-hydrogen) atoms. The van der Waals surface area contributed by atoms with Crippen LogP contribution in [0.15, 0.2) is 59.9 Å². The van der Waals surface area contributed by atoms with Gasteiger partial charge in [0.25, 0.3) is 0 Å². The highest BCUT2D eigenvalue weighted by molar-refractivity contribution is 7.99. The van der Waals surface area contributed by atoms with Crippen LogP contribution in [0.25, 0.3) is 16.9 Å². The van der Waals surface area contributed by atoms with E-state index in [9.17, 15) is 13.2 Å². The summed E-state index contributed by atoms with van der Waals surface area (Å²) in [6.45, 7) is 4.16. The minimum absolute atomic E-state index is 0.00540. The summed E-state index contributed by atoms with van der Waals surface area (Å²) in [6, 6.07) is 16.5. The molecule has 2 fully saturated rings. The van der Waals surface area contributed by atoms with E-state index in [1.807, 2.05) is 29.3 Å². The van der Waals surface area contributed by atoms with Gasteiger partial charge in [0.2, 0.25) is 5.91 Å². The summed E-state index contributed by atoms with van der Waals surface area (Å²) in [4.78, 5) is 19.9. The molecular weight excluding hydrogens is 466 g/mol. The number of hydrogen-bond acceptors (Lipinski definition) is 5. The second-order valence-electron chi connectivity index (χ2n) is 9.35. The molecule has 2 heterocycles. The molecule has 0 unspecified atom stereocenters. The van der Waals surface area contributed by atoms with Gasteiger partial charge in [-0.05, 0) is 56.4 Å². The molecule has 0 bridgehead atoms. The molecule has 0 N–H and O–H groups in total. The van der Waals surface area contributed by atoms with Crippen LogP contribution in [0.2, 0.25) is 0 Å². The summed E-state index contributed by atoms with van der Waals surface area (Å²) in [5.41, 5.74) is 5.38. The number of amides is 1. The predicted octanol–water partition coefficient (Wildman–Crippen LogP) is 4.43. The molecule has 0 spiro atoms. The van der Waals surface area contributed by atoms with Crippen LogP contribution in [0.3, 0.4) is 0 Å². The van der Waals surface area contributed by atoms with E-state index in [0.29, 0.717) is 6.42 Å². The number of hydrogen-bond donors (Lipinski definition) is 0. The number of thioether (sulfide) groups is 1. The zero-order valence-corrected chi connectivity index (χ0v) is 21.1. The number of sulfone groups is 1. The van der Waals surface area contributed by atoms with Crippen molar-refractivity contribution in [3.8, 4) is 16.9 Å². The highest BCUT2D eigenvalue weighted by atomic mass is 32.2. The fourth-order valence-corrected chi connectivity index (χ4v) is 7.41. The first-order valence-electron chi connectivity index (χ1n) is 11.7. The lowest BCUT2D eigenvalue weighted by atomic mass is 10.1. The molecule has 5 rings (SSSR count). The van der Waals surface area contributed by atoms with Gasteiger partial charge in [0.05, 0.1) is 29.1 Å². The topological polar surface area (TPSA) is 72.3 Å². The zero-order chi connectivity index (χ0) is 23.9. The van der Waals surface area contributed by atoms with Crippen LogP contribution in [0.1, 0.15) is 30.4 Å². The number of carbonyl (C=O) groups is 1. The van der Waals surface area contributed by atoms with E-state index < -0.39 is 9.84 Å². The number of aromatic nitrogens is 2. The largest absolute Gasteiger partial charge is 0.335 e. The normalized spacial score (nSPS) is 19.3. The van der Waals surface area contributed by atoms with Gasteiger partial charge in [0, 0.05) is 23.3 Å². The zero-order valence-electron chi connectivity index (χ0n) is 19.5. The van der Waals surface area contributed by atoms with E-state index in [0.717, 1.165) is 46.1 Å². The third-order valence-electron chi connectivity index (χ3n) is 6.42. The summed E-state index contributed by atoms with van der Waals surface area (Å²) >= 11 is 1.42. The first-order chi connectivity index (χ1) is 16.3. The van der Waals surface area contributed by atoms with Crippen molar-refractivity contribution < 1.29 is 13.2 Å². The smallest absolute Gasteiger partial charge is 0.233 e. The second kappa shape index (κ2) is 9.23. The molecule has 0 radical (unpaired) electrons. The van der Waals surface area contributed by atoms with Crippen LogP contribution in [0.5, 0.6) is 0 Å². The Morgan fingerprint density at radius 3 is 2.38 bits per heavy atom. The number of aryl methyl sites for hydroxylation is 2. The van der Waals surface area contributed by atoms with E-state index in [1.54, 1.807) is 0 Å². The van der Waals surface area contributed by atoms with Gasteiger partial charge < -0.3 is 4.90 Å². The van der Waals surface area contributed by atoms with E-state index >= 15 is 0 Å². The van der Waals surface area contributed by atoms with E-state index in [1.165, 1.54) is 11.8 Å².